The summed E-state index contributed by atoms with van der Waals surface area (Å²) in [4.78, 5) is 16.5. The van der Waals surface area contributed by atoms with Crippen molar-refractivity contribution in [3.8, 4) is 5.75 Å². The molecule has 0 aromatic heterocycles. The van der Waals surface area contributed by atoms with Gasteiger partial charge in [0.05, 0.1) is 13.2 Å². The van der Waals surface area contributed by atoms with E-state index in [0.29, 0.717) is 11.7 Å². The molecule has 1 saturated heterocycles. The highest BCUT2D eigenvalue weighted by Crippen LogP contribution is 2.37. The highest BCUT2D eigenvalue weighted by Gasteiger charge is 2.40. The van der Waals surface area contributed by atoms with Gasteiger partial charge in [-0.05, 0) is 80.8 Å². The lowest BCUT2D eigenvalue weighted by Gasteiger charge is -2.44. The lowest BCUT2D eigenvalue weighted by atomic mass is 9.79. The lowest BCUT2D eigenvalue weighted by molar-refractivity contribution is -0.130. The fourth-order valence-electron chi connectivity index (χ4n) is 6.45. The Morgan fingerprint density at radius 2 is 1.67 bits per heavy atom. The third kappa shape index (κ3) is 4.82. The molecule has 1 aliphatic carbocycles. The molecule has 176 valence electrons. The average Bonchev–Trinajstić information content (AvgIpc) is 2.89. The average molecular weight is 447 g/mol. The molecule has 4 heteroatoms. The quantitative estimate of drug-likeness (QED) is 0.607. The molecule has 1 saturated carbocycles. The van der Waals surface area contributed by atoms with E-state index >= 15 is 0 Å². The van der Waals surface area contributed by atoms with Gasteiger partial charge in [-0.15, -0.1) is 0 Å². The number of nitrogens with one attached hydrogen (secondary N) is 1. The smallest absolute Gasteiger partial charge is 0.155 e. The summed E-state index contributed by atoms with van der Waals surface area (Å²) in [5.74, 6) is 2.25. The van der Waals surface area contributed by atoms with Crippen molar-refractivity contribution in [3.63, 3.8) is 0 Å². The first kappa shape index (κ1) is 22.5. The number of aryl methyl sites for hydroxylation is 1. The van der Waals surface area contributed by atoms with Crippen molar-refractivity contribution in [2.75, 3.05) is 25.5 Å². The topological polar surface area (TPSA) is 41.6 Å². The molecule has 2 fully saturated rings. The standard InChI is InChI=1S/C29H38N2O2/c1-33-27-14-8-6-12-24(27)21-17-19-31(20-18-21)28(29(32)23-10-3-2-4-11-23)26-16-15-22-9-5-7-13-25(22)30-26/h5-9,12-14,21,23,26,28,30H,2-4,10-11,15-20H2,1H3. The minimum atomic E-state index is -0.0138. The molecule has 5 rings (SSSR count). The number of methoxy groups -OCH3 is 1. The molecular formula is C29H38N2O2. The van der Waals surface area contributed by atoms with Crippen LogP contribution in [0.2, 0.25) is 0 Å². The molecule has 2 atom stereocenters. The van der Waals surface area contributed by atoms with Crippen LogP contribution in [0.1, 0.15) is 68.4 Å². The molecule has 33 heavy (non-hydrogen) atoms. The molecule has 0 bridgehead atoms. The Hall–Kier alpha value is -2.33. The van der Waals surface area contributed by atoms with Crippen molar-refractivity contribution >= 4 is 11.5 Å². The molecule has 0 amide bonds. The van der Waals surface area contributed by atoms with Crippen LogP contribution in [0.15, 0.2) is 48.5 Å². The number of hydrogen-bond donors (Lipinski definition) is 1. The minimum Gasteiger partial charge on any atom is -0.496 e. The fourth-order valence-corrected chi connectivity index (χ4v) is 6.45. The summed E-state index contributed by atoms with van der Waals surface area (Å²) >= 11 is 0. The van der Waals surface area contributed by atoms with Crippen LogP contribution < -0.4 is 10.1 Å². The lowest BCUT2D eigenvalue weighted by Crippen LogP contribution is -2.56. The van der Waals surface area contributed by atoms with Gasteiger partial charge in [0, 0.05) is 17.6 Å². The van der Waals surface area contributed by atoms with E-state index in [4.69, 9.17) is 4.74 Å². The summed E-state index contributed by atoms with van der Waals surface area (Å²) in [5.41, 5.74) is 3.92. The second kappa shape index (κ2) is 10.3. The number of fused-ring (bicyclic) bond motifs is 1. The molecule has 0 radical (unpaired) electrons. The van der Waals surface area contributed by atoms with E-state index in [9.17, 15) is 4.79 Å². The number of Topliss-reactive ketones (excluding diaryl/α,β-unsaturated/α-hetero) is 1. The van der Waals surface area contributed by atoms with Gasteiger partial charge in [-0.3, -0.25) is 9.69 Å². The highest BCUT2D eigenvalue weighted by atomic mass is 16.5. The van der Waals surface area contributed by atoms with E-state index in [2.05, 4.69) is 52.7 Å². The van der Waals surface area contributed by atoms with Crippen LogP contribution in [0.4, 0.5) is 5.69 Å². The summed E-state index contributed by atoms with van der Waals surface area (Å²) in [6.45, 7) is 1.96. The minimum absolute atomic E-state index is 0.0138. The molecule has 1 N–H and O–H groups in total. The predicted molar refractivity (Wildman–Crippen MR) is 134 cm³/mol. The van der Waals surface area contributed by atoms with Gasteiger partial charge in [-0.2, -0.15) is 0 Å². The summed E-state index contributed by atoms with van der Waals surface area (Å²) < 4.78 is 5.64. The highest BCUT2D eigenvalue weighted by molar-refractivity contribution is 5.88. The number of likely N-dealkylation sites (tertiary alicyclic amines) is 1. The maximum atomic E-state index is 14.0. The first-order valence-electron chi connectivity index (χ1n) is 13.0. The van der Waals surface area contributed by atoms with Gasteiger partial charge in [0.25, 0.3) is 0 Å². The normalized spacial score (nSPS) is 23.4. The monoisotopic (exact) mass is 446 g/mol. The van der Waals surface area contributed by atoms with E-state index in [-0.39, 0.29) is 18.0 Å². The Labute approximate surface area is 198 Å². The number of hydrogen-bond acceptors (Lipinski definition) is 4. The third-order valence-corrected chi connectivity index (χ3v) is 8.26. The second-order valence-corrected chi connectivity index (χ2v) is 10.2. The van der Waals surface area contributed by atoms with E-state index in [0.717, 1.165) is 57.4 Å². The van der Waals surface area contributed by atoms with Crippen LogP contribution in [0.5, 0.6) is 5.75 Å². The van der Waals surface area contributed by atoms with Gasteiger partial charge >= 0.3 is 0 Å². The van der Waals surface area contributed by atoms with Gasteiger partial charge < -0.3 is 10.1 Å². The molecule has 3 aliphatic rings. The van der Waals surface area contributed by atoms with Crippen LogP contribution in [0.3, 0.4) is 0 Å². The first-order chi connectivity index (χ1) is 16.2. The summed E-state index contributed by atoms with van der Waals surface area (Å²) in [6, 6.07) is 17.2. The zero-order chi connectivity index (χ0) is 22.6. The number of ketones is 1. The van der Waals surface area contributed by atoms with Gasteiger partial charge in [0.1, 0.15) is 5.75 Å². The Bertz CT molecular complexity index is 944. The Morgan fingerprint density at radius 3 is 2.45 bits per heavy atom. The maximum absolute atomic E-state index is 14.0. The van der Waals surface area contributed by atoms with Gasteiger partial charge in [0.2, 0.25) is 0 Å². The van der Waals surface area contributed by atoms with Gasteiger partial charge in [-0.1, -0.05) is 55.7 Å². The zero-order valence-electron chi connectivity index (χ0n) is 20.0. The van der Waals surface area contributed by atoms with E-state index < -0.39 is 0 Å². The van der Waals surface area contributed by atoms with Crippen LogP contribution in [0.25, 0.3) is 0 Å². The summed E-state index contributed by atoms with van der Waals surface area (Å²) in [6.07, 6.45) is 10.1. The number of benzene rings is 2. The van der Waals surface area contributed by atoms with E-state index in [1.807, 2.05) is 6.07 Å². The van der Waals surface area contributed by atoms with Crippen LogP contribution in [-0.2, 0) is 11.2 Å². The molecule has 4 nitrogen and oxygen atoms in total. The van der Waals surface area contributed by atoms with Gasteiger partial charge in [-0.25, -0.2) is 0 Å². The first-order valence-corrected chi connectivity index (χ1v) is 13.0. The van der Waals surface area contributed by atoms with Crippen LogP contribution >= 0.6 is 0 Å². The van der Waals surface area contributed by atoms with Crippen molar-refractivity contribution in [1.82, 2.24) is 4.90 Å². The number of para-hydroxylation sites is 2. The van der Waals surface area contributed by atoms with Crippen molar-refractivity contribution in [3.05, 3.63) is 59.7 Å². The number of carbonyl (C=O) groups excluding carboxylic acids is 1. The SMILES string of the molecule is COc1ccccc1C1CCN(C(C(=O)C2CCCCC2)C2CCc3ccccc3N2)CC1. The van der Waals surface area contributed by atoms with Crippen molar-refractivity contribution in [2.24, 2.45) is 5.92 Å². The molecule has 0 spiro atoms. The van der Waals surface area contributed by atoms with Crippen LogP contribution in [0, 0.1) is 5.92 Å². The Kier molecular flexibility index (Phi) is 7.01. The predicted octanol–water partition coefficient (Wildman–Crippen LogP) is 5.82. The number of anilines is 1. The molecule has 2 heterocycles. The Morgan fingerprint density at radius 1 is 0.939 bits per heavy atom. The number of piperidine rings is 1. The Balaban J connectivity index is 1.34. The number of rotatable bonds is 6. The zero-order valence-corrected chi connectivity index (χ0v) is 20.0. The maximum Gasteiger partial charge on any atom is 0.155 e. The van der Waals surface area contributed by atoms with Crippen molar-refractivity contribution in [1.29, 1.82) is 0 Å². The number of nitrogens with zero attached hydrogens (tertiary/aromatic N) is 1. The largest absolute Gasteiger partial charge is 0.496 e. The van der Waals surface area contributed by atoms with Crippen molar-refractivity contribution in [2.45, 2.75) is 75.8 Å². The molecule has 2 aliphatic heterocycles. The summed E-state index contributed by atoms with van der Waals surface area (Å²) in [7, 11) is 1.76. The van der Waals surface area contributed by atoms with Gasteiger partial charge in [0.15, 0.2) is 5.78 Å². The molecule has 2 aromatic carbocycles. The second-order valence-electron chi connectivity index (χ2n) is 10.2. The molecular weight excluding hydrogens is 408 g/mol. The third-order valence-electron chi connectivity index (χ3n) is 8.26. The van der Waals surface area contributed by atoms with E-state index in [1.54, 1.807) is 7.11 Å². The van der Waals surface area contributed by atoms with Crippen molar-refractivity contribution < 1.29 is 9.53 Å². The summed E-state index contributed by atoms with van der Waals surface area (Å²) in [5, 5.41) is 3.79. The van der Waals surface area contributed by atoms with Crippen LogP contribution in [-0.4, -0.2) is 43.0 Å². The fraction of sp³-hybridized carbons (Fsp3) is 0.552. The molecule has 2 unspecified atom stereocenters. The number of ether oxygens (including phenoxy) is 1. The molecule has 2 aromatic rings. The number of carbonyl (C=O) groups is 1. The van der Waals surface area contributed by atoms with E-state index in [1.165, 1.54) is 36.1 Å².